The first-order valence-electron chi connectivity index (χ1n) is 6.76. The van der Waals surface area contributed by atoms with Crippen molar-refractivity contribution in [2.45, 2.75) is 39.7 Å². The van der Waals surface area contributed by atoms with Crippen molar-refractivity contribution < 1.29 is 5.11 Å². The molecule has 5 heteroatoms. The van der Waals surface area contributed by atoms with Crippen LogP contribution in [0.25, 0.3) is 11.2 Å². The summed E-state index contributed by atoms with van der Waals surface area (Å²) in [6, 6.07) is 2.35. The molecule has 0 atom stereocenters. The zero-order valence-corrected chi connectivity index (χ0v) is 12.0. The summed E-state index contributed by atoms with van der Waals surface area (Å²) in [5.41, 5.74) is 3.06. The van der Waals surface area contributed by atoms with E-state index >= 15 is 0 Å². The molecule has 0 aliphatic heterocycles. The Labute approximate surface area is 113 Å². The first kappa shape index (κ1) is 13.8. The van der Waals surface area contributed by atoms with E-state index in [1.165, 1.54) is 5.56 Å². The molecule has 0 unspecified atom stereocenters. The van der Waals surface area contributed by atoms with Gasteiger partial charge in [0.25, 0.3) is 0 Å². The topological polar surface area (TPSA) is 63.0 Å². The number of anilines is 1. The third-order valence-electron chi connectivity index (χ3n) is 3.16. The lowest BCUT2D eigenvalue weighted by molar-refractivity contribution is 0.311. The minimum atomic E-state index is 0.0974. The van der Waals surface area contributed by atoms with E-state index < -0.39 is 0 Å². The van der Waals surface area contributed by atoms with Crippen molar-refractivity contribution in [3.63, 3.8) is 0 Å². The number of hydrogen-bond acceptors (Lipinski definition) is 4. The van der Waals surface area contributed by atoms with Gasteiger partial charge in [0, 0.05) is 12.6 Å². The van der Waals surface area contributed by atoms with Gasteiger partial charge in [-0.1, -0.05) is 13.8 Å². The molecule has 2 N–H and O–H groups in total. The van der Waals surface area contributed by atoms with E-state index in [0.29, 0.717) is 18.5 Å². The standard InChI is InChI=1S/C14H22N4O/c1-9(2)11-7-12(15-5-6-19)17-14-13(11)16-8-18(14)10(3)4/h7-10,19H,5-6H2,1-4H3,(H,15,17). The van der Waals surface area contributed by atoms with Crippen molar-refractivity contribution in [2.24, 2.45) is 0 Å². The van der Waals surface area contributed by atoms with E-state index in [4.69, 9.17) is 5.11 Å². The molecule has 104 valence electrons. The molecule has 0 saturated heterocycles. The Bertz CT molecular complexity index is 560. The highest BCUT2D eigenvalue weighted by Gasteiger charge is 2.15. The maximum atomic E-state index is 8.91. The molecule has 0 saturated carbocycles. The number of hydrogen-bond donors (Lipinski definition) is 2. The zero-order chi connectivity index (χ0) is 14.0. The monoisotopic (exact) mass is 262 g/mol. The first-order chi connectivity index (χ1) is 9.04. The maximum absolute atomic E-state index is 8.91. The van der Waals surface area contributed by atoms with Gasteiger partial charge in [-0.3, -0.25) is 0 Å². The SMILES string of the molecule is CC(C)c1cc(NCCO)nc2c1ncn2C(C)C. The second-order valence-corrected chi connectivity index (χ2v) is 5.32. The molecule has 0 aliphatic carbocycles. The Hall–Kier alpha value is -1.62. The molecule has 0 radical (unpaired) electrons. The van der Waals surface area contributed by atoms with Gasteiger partial charge in [0.2, 0.25) is 0 Å². The predicted octanol–water partition coefficient (Wildman–Crippen LogP) is 2.54. The largest absolute Gasteiger partial charge is 0.395 e. The Balaban J connectivity index is 2.57. The average Bonchev–Trinajstić information content (AvgIpc) is 2.78. The van der Waals surface area contributed by atoms with E-state index in [9.17, 15) is 0 Å². The molecule has 0 amide bonds. The number of fused-ring (bicyclic) bond motifs is 1. The summed E-state index contributed by atoms with van der Waals surface area (Å²) in [6.45, 7) is 9.14. The summed E-state index contributed by atoms with van der Waals surface area (Å²) in [7, 11) is 0. The third-order valence-corrected chi connectivity index (χ3v) is 3.16. The van der Waals surface area contributed by atoms with Gasteiger partial charge in [-0.25, -0.2) is 9.97 Å². The summed E-state index contributed by atoms with van der Waals surface area (Å²) in [5.74, 6) is 1.18. The summed E-state index contributed by atoms with van der Waals surface area (Å²) < 4.78 is 2.07. The van der Waals surface area contributed by atoms with Crippen molar-refractivity contribution in [2.75, 3.05) is 18.5 Å². The number of rotatable bonds is 5. The van der Waals surface area contributed by atoms with Gasteiger partial charge in [0.1, 0.15) is 11.3 Å². The van der Waals surface area contributed by atoms with Crippen LogP contribution in [0.3, 0.4) is 0 Å². The minimum Gasteiger partial charge on any atom is -0.395 e. The van der Waals surface area contributed by atoms with E-state index in [1.807, 2.05) is 12.4 Å². The second-order valence-electron chi connectivity index (χ2n) is 5.32. The van der Waals surface area contributed by atoms with Gasteiger partial charge >= 0.3 is 0 Å². The Morgan fingerprint density at radius 3 is 2.63 bits per heavy atom. The normalized spacial score (nSPS) is 11.7. The molecule has 19 heavy (non-hydrogen) atoms. The minimum absolute atomic E-state index is 0.0974. The first-order valence-corrected chi connectivity index (χ1v) is 6.76. The summed E-state index contributed by atoms with van der Waals surface area (Å²) >= 11 is 0. The molecule has 0 bridgehead atoms. The average molecular weight is 262 g/mol. The molecular weight excluding hydrogens is 240 g/mol. The number of aliphatic hydroxyl groups excluding tert-OH is 1. The Morgan fingerprint density at radius 1 is 1.32 bits per heavy atom. The van der Waals surface area contributed by atoms with Crippen molar-refractivity contribution >= 4 is 17.0 Å². The second kappa shape index (κ2) is 5.57. The number of pyridine rings is 1. The fourth-order valence-electron chi connectivity index (χ4n) is 2.12. The highest BCUT2D eigenvalue weighted by Crippen LogP contribution is 2.27. The summed E-state index contributed by atoms with van der Waals surface area (Å²) in [6.07, 6.45) is 1.85. The van der Waals surface area contributed by atoms with E-state index in [-0.39, 0.29) is 6.61 Å². The van der Waals surface area contributed by atoms with Gasteiger partial charge < -0.3 is 15.0 Å². The molecule has 2 aromatic rings. The molecule has 0 aromatic carbocycles. The van der Waals surface area contributed by atoms with E-state index in [1.54, 1.807) is 0 Å². The van der Waals surface area contributed by atoms with E-state index in [2.05, 4.69) is 47.5 Å². The van der Waals surface area contributed by atoms with Crippen LogP contribution in [0.2, 0.25) is 0 Å². The van der Waals surface area contributed by atoms with Crippen LogP contribution in [-0.2, 0) is 0 Å². The van der Waals surface area contributed by atoms with Gasteiger partial charge in [-0.2, -0.15) is 0 Å². The lowest BCUT2D eigenvalue weighted by Gasteiger charge is -2.13. The smallest absolute Gasteiger partial charge is 0.162 e. The van der Waals surface area contributed by atoms with Crippen LogP contribution in [0.5, 0.6) is 0 Å². The molecule has 0 aliphatic rings. The lowest BCUT2D eigenvalue weighted by atomic mass is 10.0. The Morgan fingerprint density at radius 2 is 2.05 bits per heavy atom. The molecule has 0 spiro atoms. The zero-order valence-electron chi connectivity index (χ0n) is 12.0. The predicted molar refractivity (Wildman–Crippen MR) is 77.6 cm³/mol. The fourth-order valence-corrected chi connectivity index (χ4v) is 2.12. The van der Waals surface area contributed by atoms with Crippen molar-refractivity contribution in [1.82, 2.24) is 14.5 Å². The molecular formula is C14H22N4O. The molecule has 2 aromatic heterocycles. The molecule has 0 fully saturated rings. The highest BCUT2D eigenvalue weighted by atomic mass is 16.3. The van der Waals surface area contributed by atoms with Crippen LogP contribution in [0.1, 0.15) is 45.2 Å². The number of aromatic nitrogens is 3. The number of imidazole rings is 1. The molecule has 5 nitrogen and oxygen atoms in total. The summed E-state index contributed by atoms with van der Waals surface area (Å²) in [5, 5.41) is 12.0. The number of nitrogens with zero attached hydrogens (tertiary/aromatic N) is 3. The number of aliphatic hydroxyl groups is 1. The van der Waals surface area contributed by atoms with E-state index in [0.717, 1.165) is 17.0 Å². The highest BCUT2D eigenvalue weighted by molar-refractivity contribution is 5.78. The molecule has 2 heterocycles. The van der Waals surface area contributed by atoms with Gasteiger partial charge in [-0.05, 0) is 31.4 Å². The number of nitrogens with one attached hydrogen (secondary N) is 1. The van der Waals surface area contributed by atoms with Crippen molar-refractivity contribution in [3.8, 4) is 0 Å². The maximum Gasteiger partial charge on any atom is 0.162 e. The molecule has 2 rings (SSSR count). The fraction of sp³-hybridized carbons (Fsp3) is 0.571. The van der Waals surface area contributed by atoms with Gasteiger partial charge in [-0.15, -0.1) is 0 Å². The quantitative estimate of drug-likeness (QED) is 0.869. The van der Waals surface area contributed by atoms with Crippen LogP contribution in [0.15, 0.2) is 12.4 Å². The Kier molecular flexibility index (Phi) is 4.04. The lowest BCUT2D eigenvalue weighted by Crippen LogP contribution is -2.09. The van der Waals surface area contributed by atoms with Crippen LogP contribution < -0.4 is 5.32 Å². The van der Waals surface area contributed by atoms with Crippen LogP contribution in [0.4, 0.5) is 5.82 Å². The van der Waals surface area contributed by atoms with Crippen LogP contribution in [0, 0.1) is 0 Å². The summed E-state index contributed by atoms with van der Waals surface area (Å²) in [4.78, 5) is 9.12. The van der Waals surface area contributed by atoms with Crippen molar-refractivity contribution in [3.05, 3.63) is 18.0 Å². The van der Waals surface area contributed by atoms with Gasteiger partial charge in [0.15, 0.2) is 5.65 Å². The third kappa shape index (κ3) is 2.71. The van der Waals surface area contributed by atoms with Crippen LogP contribution >= 0.6 is 0 Å². The van der Waals surface area contributed by atoms with Crippen molar-refractivity contribution in [1.29, 1.82) is 0 Å². The van der Waals surface area contributed by atoms with Crippen LogP contribution in [-0.4, -0.2) is 32.8 Å². The van der Waals surface area contributed by atoms with Gasteiger partial charge in [0.05, 0.1) is 12.9 Å².